The van der Waals surface area contributed by atoms with Crippen LogP contribution in [-0.4, -0.2) is 13.1 Å². The number of rotatable bonds is 3. The van der Waals surface area contributed by atoms with E-state index in [9.17, 15) is 9.18 Å². The van der Waals surface area contributed by atoms with E-state index in [0.717, 1.165) is 11.1 Å². The number of ether oxygens (including phenoxy) is 2. The van der Waals surface area contributed by atoms with Crippen molar-refractivity contribution in [3.05, 3.63) is 57.3 Å². The summed E-state index contributed by atoms with van der Waals surface area (Å²) in [6.07, 6.45) is 0. The second-order valence-electron chi connectivity index (χ2n) is 4.58. The molecule has 21 heavy (non-hydrogen) atoms. The molecule has 0 unspecified atom stereocenters. The fraction of sp³-hybridized carbons (Fsp3) is 0.188. The van der Waals surface area contributed by atoms with E-state index in [2.05, 4.69) is 20.7 Å². The Kier molecular flexibility index (Phi) is 4.63. The molecule has 0 spiro atoms. The number of hydrogen-bond donors (Lipinski definition) is 0. The number of benzene rings is 2. The summed E-state index contributed by atoms with van der Waals surface area (Å²) in [6, 6.07) is 8.27. The maximum atomic E-state index is 14.0. The van der Waals surface area contributed by atoms with Crippen LogP contribution >= 0.6 is 15.9 Å². The minimum absolute atomic E-state index is 0.141. The van der Waals surface area contributed by atoms with Gasteiger partial charge in [-0.3, -0.25) is 0 Å². The Morgan fingerprint density at radius 1 is 1.19 bits per heavy atom. The van der Waals surface area contributed by atoms with Gasteiger partial charge in [0.15, 0.2) is 0 Å². The zero-order chi connectivity index (χ0) is 15.6. The first-order valence-corrected chi connectivity index (χ1v) is 7.04. The van der Waals surface area contributed by atoms with E-state index >= 15 is 0 Å². The molecule has 2 aromatic rings. The van der Waals surface area contributed by atoms with Crippen molar-refractivity contribution >= 4 is 21.9 Å². The predicted octanol–water partition coefficient (Wildman–Crippen LogP) is 4.78. The van der Waals surface area contributed by atoms with Gasteiger partial charge in [-0.05, 0) is 47.0 Å². The van der Waals surface area contributed by atoms with Crippen molar-refractivity contribution in [3.8, 4) is 11.5 Å². The second kappa shape index (κ2) is 6.26. The first-order valence-electron chi connectivity index (χ1n) is 6.25. The van der Waals surface area contributed by atoms with Gasteiger partial charge in [0.2, 0.25) is 0 Å². The van der Waals surface area contributed by atoms with Gasteiger partial charge in [0.05, 0.1) is 17.1 Å². The van der Waals surface area contributed by atoms with Crippen LogP contribution in [0.4, 0.5) is 4.39 Å². The van der Waals surface area contributed by atoms with Crippen LogP contribution in [0, 0.1) is 19.7 Å². The number of carbonyl (C=O) groups is 1. The number of halogens is 2. The molecule has 0 aliphatic carbocycles. The van der Waals surface area contributed by atoms with E-state index in [1.54, 1.807) is 0 Å². The second-order valence-corrected chi connectivity index (χ2v) is 5.43. The predicted molar refractivity (Wildman–Crippen MR) is 81.4 cm³/mol. The number of hydrogen-bond acceptors (Lipinski definition) is 3. The Bertz CT molecular complexity index is 678. The molecule has 5 heteroatoms. The average molecular weight is 353 g/mol. The molecule has 110 valence electrons. The van der Waals surface area contributed by atoms with E-state index in [1.165, 1.54) is 19.2 Å². The number of para-hydroxylation sites is 1. The van der Waals surface area contributed by atoms with Crippen molar-refractivity contribution in [3.63, 3.8) is 0 Å². The normalized spacial score (nSPS) is 10.3. The molecule has 0 aliphatic heterocycles. The third-order valence-corrected chi connectivity index (χ3v) is 3.67. The number of carbonyl (C=O) groups excluding carboxylic acids is 1. The summed E-state index contributed by atoms with van der Waals surface area (Å²) in [5.41, 5.74) is 1.75. The first kappa shape index (κ1) is 15.5. The van der Waals surface area contributed by atoms with E-state index in [-0.39, 0.29) is 5.56 Å². The molecule has 0 heterocycles. The van der Waals surface area contributed by atoms with Gasteiger partial charge in [-0.25, -0.2) is 9.18 Å². The molecule has 0 N–H and O–H groups in total. The highest BCUT2D eigenvalue weighted by molar-refractivity contribution is 9.10. The Labute approximate surface area is 130 Å². The lowest BCUT2D eigenvalue weighted by atomic mass is 10.1. The number of methoxy groups -OCH3 is 1. The molecular formula is C16H14BrFO3. The molecule has 0 aliphatic rings. The lowest BCUT2D eigenvalue weighted by molar-refractivity contribution is 0.0595. The van der Waals surface area contributed by atoms with Crippen LogP contribution in [0.15, 0.2) is 34.8 Å². The summed E-state index contributed by atoms with van der Waals surface area (Å²) in [5.74, 6) is -0.445. The Morgan fingerprint density at radius 3 is 2.38 bits per heavy atom. The Hall–Kier alpha value is -1.88. The van der Waals surface area contributed by atoms with Crippen LogP contribution in [0.3, 0.4) is 0 Å². The highest BCUT2D eigenvalue weighted by Gasteiger charge is 2.17. The molecule has 3 nitrogen and oxygen atoms in total. The van der Waals surface area contributed by atoms with E-state index in [4.69, 9.17) is 4.74 Å². The number of esters is 1. The van der Waals surface area contributed by atoms with Crippen molar-refractivity contribution < 1.29 is 18.7 Å². The van der Waals surface area contributed by atoms with Gasteiger partial charge < -0.3 is 9.47 Å². The zero-order valence-electron chi connectivity index (χ0n) is 11.9. The third-order valence-electron chi connectivity index (χ3n) is 3.05. The average Bonchev–Trinajstić information content (AvgIpc) is 2.45. The molecule has 0 radical (unpaired) electrons. The van der Waals surface area contributed by atoms with Gasteiger partial charge >= 0.3 is 5.97 Å². The first-order chi connectivity index (χ1) is 9.93. The maximum absolute atomic E-state index is 14.0. The lowest BCUT2D eigenvalue weighted by Gasteiger charge is -2.13. The fourth-order valence-corrected chi connectivity index (χ4v) is 2.37. The standard InChI is InChI=1S/C16H14BrFO3/c1-9-5-4-6-10(2)15(9)21-14-8-13(18)11(7-12(14)17)16(19)20-3/h4-8H,1-3H3. The molecule has 0 atom stereocenters. The van der Waals surface area contributed by atoms with E-state index in [1.807, 2.05) is 32.0 Å². The van der Waals surface area contributed by atoms with Crippen LogP contribution in [-0.2, 0) is 4.74 Å². The van der Waals surface area contributed by atoms with Gasteiger partial charge in [-0.1, -0.05) is 18.2 Å². The molecule has 0 saturated carbocycles. The van der Waals surface area contributed by atoms with Crippen LogP contribution < -0.4 is 4.74 Å². The summed E-state index contributed by atoms with van der Waals surface area (Å²) < 4.78 is 24.8. The minimum Gasteiger partial charge on any atom is -0.465 e. The number of aryl methyl sites for hydroxylation is 2. The van der Waals surface area contributed by atoms with Gasteiger partial charge in [0.1, 0.15) is 17.3 Å². The van der Waals surface area contributed by atoms with Crippen molar-refractivity contribution in [1.29, 1.82) is 0 Å². The highest BCUT2D eigenvalue weighted by atomic mass is 79.9. The van der Waals surface area contributed by atoms with Gasteiger partial charge in [0.25, 0.3) is 0 Å². The van der Waals surface area contributed by atoms with Crippen LogP contribution in [0.2, 0.25) is 0 Å². The summed E-state index contributed by atoms with van der Waals surface area (Å²) in [6.45, 7) is 3.82. The van der Waals surface area contributed by atoms with Crippen molar-refractivity contribution in [2.45, 2.75) is 13.8 Å². The smallest absolute Gasteiger partial charge is 0.340 e. The van der Waals surface area contributed by atoms with E-state index in [0.29, 0.717) is 16.0 Å². The monoisotopic (exact) mass is 352 g/mol. The van der Waals surface area contributed by atoms with Gasteiger partial charge in [-0.15, -0.1) is 0 Å². The Morgan fingerprint density at radius 2 is 1.81 bits per heavy atom. The fourth-order valence-electron chi connectivity index (χ4n) is 1.94. The van der Waals surface area contributed by atoms with Crippen LogP contribution in [0.25, 0.3) is 0 Å². The van der Waals surface area contributed by atoms with Crippen LogP contribution in [0.1, 0.15) is 21.5 Å². The summed E-state index contributed by atoms with van der Waals surface area (Å²) in [4.78, 5) is 11.4. The summed E-state index contributed by atoms with van der Waals surface area (Å²) in [5, 5.41) is 0. The topological polar surface area (TPSA) is 35.5 Å². The summed E-state index contributed by atoms with van der Waals surface area (Å²) >= 11 is 3.29. The molecule has 0 fully saturated rings. The van der Waals surface area contributed by atoms with Gasteiger partial charge in [-0.2, -0.15) is 0 Å². The van der Waals surface area contributed by atoms with Gasteiger partial charge in [0, 0.05) is 6.07 Å². The SMILES string of the molecule is COC(=O)c1cc(Br)c(Oc2c(C)cccc2C)cc1F. The minimum atomic E-state index is -0.730. The lowest BCUT2D eigenvalue weighted by Crippen LogP contribution is -2.05. The van der Waals surface area contributed by atoms with Crippen molar-refractivity contribution in [1.82, 2.24) is 0 Å². The van der Waals surface area contributed by atoms with Crippen molar-refractivity contribution in [2.75, 3.05) is 7.11 Å². The molecule has 0 amide bonds. The molecule has 0 aromatic heterocycles. The third kappa shape index (κ3) is 3.24. The Balaban J connectivity index is 2.42. The summed E-state index contributed by atoms with van der Waals surface area (Å²) in [7, 11) is 1.21. The molecule has 0 bridgehead atoms. The quantitative estimate of drug-likeness (QED) is 0.745. The highest BCUT2D eigenvalue weighted by Crippen LogP contribution is 2.35. The van der Waals surface area contributed by atoms with E-state index < -0.39 is 11.8 Å². The maximum Gasteiger partial charge on any atom is 0.340 e. The molecule has 2 rings (SSSR count). The van der Waals surface area contributed by atoms with Crippen LogP contribution in [0.5, 0.6) is 11.5 Å². The molecule has 0 saturated heterocycles. The zero-order valence-corrected chi connectivity index (χ0v) is 13.5. The molecule has 2 aromatic carbocycles. The van der Waals surface area contributed by atoms with Crippen molar-refractivity contribution in [2.24, 2.45) is 0 Å². The largest absolute Gasteiger partial charge is 0.465 e. The molecular weight excluding hydrogens is 339 g/mol.